The van der Waals surface area contributed by atoms with Crippen molar-refractivity contribution in [2.45, 2.75) is 18.9 Å². The van der Waals surface area contributed by atoms with Crippen molar-refractivity contribution in [1.29, 1.82) is 0 Å². The number of hydrogen-bond donors (Lipinski definition) is 1. The van der Waals surface area contributed by atoms with E-state index in [1.54, 1.807) is 4.31 Å². The predicted molar refractivity (Wildman–Crippen MR) is 97.8 cm³/mol. The molecule has 5 nitrogen and oxygen atoms in total. The van der Waals surface area contributed by atoms with Crippen molar-refractivity contribution in [2.75, 3.05) is 45.5 Å². The normalized spacial score (nSPS) is 27.2. The van der Waals surface area contributed by atoms with Crippen molar-refractivity contribution < 1.29 is 8.42 Å². The molecule has 2 unspecified atom stereocenters. The van der Waals surface area contributed by atoms with Gasteiger partial charge in [-0.25, -0.2) is 12.7 Å². The molecule has 24 heavy (non-hydrogen) atoms. The number of piperidine rings is 1. The van der Waals surface area contributed by atoms with Crippen LogP contribution < -0.4 is 5.32 Å². The standard InChI is InChI=1S/C17H26ClN3O2S/c1-24(22,23)21-9-4-5-14(13-21)12-20-10-8-19-11-17(20)15-6-2-3-7-16(15)18/h2-3,6-7,14,17,19H,4-5,8-13H2,1H3. The second-order valence-corrected chi connectivity index (χ2v) is 9.26. The molecule has 2 heterocycles. The molecular formula is C17H26ClN3O2S. The smallest absolute Gasteiger partial charge is 0.211 e. The minimum atomic E-state index is -3.09. The number of halogens is 1. The summed E-state index contributed by atoms with van der Waals surface area (Å²) in [5, 5.41) is 4.26. The van der Waals surface area contributed by atoms with Crippen molar-refractivity contribution in [1.82, 2.24) is 14.5 Å². The van der Waals surface area contributed by atoms with Crippen LogP contribution in [0.25, 0.3) is 0 Å². The van der Waals surface area contributed by atoms with Gasteiger partial charge in [0, 0.05) is 50.3 Å². The van der Waals surface area contributed by atoms with Crippen LogP contribution in [-0.4, -0.2) is 63.1 Å². The number of benzene rings is 1. The fourth-order valence-electron chi connectivity index (χ4n) is 3.83. The maximum atomic E-state index is 11.8. The third kappa shape index (κ3) is 4.29. The number of hydrogen-bond acceptors (Lipinski definition) is 4. The van der Waals surface area contributed by atoms with E-state index in [0.717, 1.165) is 49.6 Å². The first kappa shape index (κ1) is 18.1. The molecule has 1 aromatic rings. The summed E-state index contributed by atoms with van der Waals surface area (Å²) in [6.45, 7) is 5.02. The molecule has 0 amide bonds. The Bertz CT molecular complexity index is 668. The van der Waals surface area contributed by atoms with Crippen LogP contribution in [0, 0.1) is 5.92 Å². The zero-order chi connectivity index (χ0) is 17.2. The molecule has 2 saturated heterocycles. The first-order valence-corrected chi connectivity index (χ1v) is 10.8. The van der Waals surface area contributed by atoms with Gasteiger partial charge in [0.15, 0.2) is 0 Å². The fraction of sp³-hybridized carbons (Fsp3) is 0.647. The average Bonchev–Trinajstić information content (AvgIpc) is 2.56. The van der Waals surface area contributed by atoms with Crippen molar-refractivity contribution in [3.05, 3.63) is 34.9 Å². The van der Waals surface area contributed by atoms with E-state index in [1.165, 1.54) is 6.26 Å². The van der Waals surface area contributed by atoms with Gasteiger partial charge in [0.05, 0.1) is 6.26 Å². The molecule has 2 atom stereocenters. The minimum Gasteiger partial charge on any atom is -0.314 e. The maximum Gasteiger partial charge on any atom is 0.211 e. The molecule has 0 radical (unpaired) electrons. The summed E-state index contributed by atoms with van der Waals surface area (Å²) in [6.07, 6.45) is 3.35. The lowest BCUT2D eigenvalue weighted by molar-refractivity contribution is 0.115. The van der Waals surface area contributed by atoms with E-state index in [9.17, 15) is 8.42 Å². The summed E-state index contributed by atoms with van der Waals surface area (Å²) < 4.78 is 25.3. The summed E-state index contributed by atoms with van der Waals surface area (Å²) >= 11 is 6.41. The molecule has 0 bridgehead atoms. The van der Waals surface area contributed by atoms with E-state index in [-0.39, 0.29) is 6.04 Å². The van der Waals surface area contributed by atoms with Gasteiger partial charge in [-0.1, -0.05) is 29.8 Å². The van der Waals surface area contributed by atoms with Crippen LogP contribution in [0.4, 0.5) is 0 Å². The van der Waals surface area contributed by atoms with Gasteiger partial charge in [-0.05, 0) is 30.4 Å². The molecule has 0 spiro atoms. The molecule has 7 heteroatoms. The van der Waals surface area contributed by atoms with Crippen molar-refractivity contribution in [3.8, 4) is 0 Å². The lowest BCUT2D eigenvalue weighted by Crippen LogP contribution is -2.50. The highest BCUT2D eigenvalue weighted by atomic mass is 35.5. The Hall–Kier alpha value is -0.660. The third-order valence-corrected chi connectivity index (χ3v) is 6.68. The summed E-state index contributed by atoms with van der Waals surface area (Å²) in [5.74, 6) is 0.386. The van der Waals surface area contributed by atoms with Gasteiger partial charge < -0.3 is 5.32 Å². The highest BCUT2D eigenvalue weighted by Crippen LogP contribution is 2.30. The second kappa shape index (κ2) is 7.70. The van der Waals surface area contributed by atoms with E-state index < -0.39 is 10.0 Å². The number of piperazine rings is 1. The van der Waals surface area contributed by atoms with E-state index in [2.05, 4.69) is 16.3 Å². The lowest BCUT2D eigenvalue weighted by atomic mass is 9.96. The highest BCUT2D eigenvalue weighted by Gasteiger charge is 2.31. The van der Waals surface area contributed by atoms with E-state index in [4.69, 9.17) is 11.6 Å². The maximum absolute atomic E-state index is 11.8. The van der Waals surface area contributed by atoms with Crippen molar-refractivity contribution in [2.24, 2.45) is 5.92 Å². The number of nitrogens with zero attached hydrogens (tertiary/aromatic N) is 2. The minimum absolute atomic E-state index is 0.251. The summed E-state index contributed by atoms with van der Waals surface area (Å²) in [5.41, 5.74) is 1.15. The van der Waals surface area contributed by atoms with Crippen LogP contribution in [0.2, 0.25) is 5.02 Å². The SMILES string of the molecule is CS(=O)(=O)N1CCCC(CN2CCNCC2c2ccccc2Cl)C1. The summed E-state index contributed by atoms with van der Waals surface area (Å²) in [4.78, 5) is 2.47. The Morgan fingerprint density at radius 1 is 1.29 bits per heavy atom. The third-order valence-electron chi connectivity index (χ3n) is 5.06. The Labute approximate surface area is 150 Å². The Balaban J connectivity index is 1.71. The van der Waals surface area contributed by atoms with Gasteiger partial charge in [-0.3, -0.25) is 4.90 Å². The number of sulfonamides is 1. The Kier molecular flexibility index (Phi) is 5.82. The van der Waals surface area contributed by atoms with Crippen LogP contribution in [0.1, 0.15) is 24.4 Å². The summed E-state index contributed by atoms with van der Waals surface area (Å²) in [6, 6.07) is 8.27. The van der Waals surface area contributed by atoms with Crippen LogP contribution >= 0.6 is 11.6 Å². The van der Waals surface area contributed by atoms with Gasteiger partial charge in [0.25, 0.3) is 0 Å². The molecule has 2 aliphatic heterocycles. The van der Waals surface area contributed by atoms with Crippen LogP contribution in [0.15, 0.2) is 24.3 Å². The Morgan fingerprint density at radius 2 is 2.08 bits per heavy atom. The largest absolute Gasteiger partial charge is 0.314 e. The number of rotatable bonds is 4. The molecule has 1 N–H and O–H groups in total. The van der Waals surface area contributed by atoms with Crippen molar-refractivity contribution in [3.63, 3.8) is 0 Å². The second-order valence-electron chi connectivity index (χ2n) is 6.87. The molecule has 1 aromatic carbocycles. The predicted octanol–water partition coefficient (Wildman–Crippen LogP) is 1.96. The highest BCUT2D eigenvalue weighted by molar-refractivity contribution is 7.88. The monoisotopic (exact) mass is 371 g/mol. The molecule has 134 valence electrons. The molecule has 0 saturated carbocycles. The van der Waals surface area contributed by atoms with Crippen LogP contribution in [-0.2, 0) is 10.0 Å². The van der Waals surface area contributed by atoms with E-state index in [1.807, 2.05) is 18.2 Å². The van der Waals surface area contributed by atoms with Gasteiger partial charge in [0.1, 0.15) is 0 Å². The zero-order valence-electron chi connectivity index (χ0n) is 14.1. The van der Waals surface area contributed by atoms with Gasteiger partial charge in [-0.2, -0.15) is 0 Å². The van der Waals surface area contributed by atoms with Crippen LogP contribution in [0.5, 0.6) is 0 Å². The van der Waals surface area contributed by atoms with Crippen LogP contribution in [0.3, 0.4) is 0 Å². The molecule has 3 rings (SSSR count). The fourth-order valence-corrected chi connectivity index (χ4v) is 5.03. The van der Waals surface area contributed by atoms with E-state index in [0.29, 0.717) is 19.0 Å². The van der Waals surface area contributed by atoms with Crippen molar-refractivity contribution >= 4 is 21.6 Å². The van der Waals surface area contributed by atoms with Gasteiger partial charge in [-0.15, -0.1) is 0 Å². The number of nitrogens with one attached hydrogen (secondary N) is 1. The van der Waals surface area contributed by atoms with Gasteiger partial charge in [0.2, 0.25) is 10.0 Å². The molecule has 0 aliphatic carbocycles. The molecule has 2 fully saturated rings. The zero-order valence-corrected chi connectivity index (χ0v) is 15.7. The topological polar surface area (TPSA) is 52.7 Å². The first-order valence-electron chi connectivity index (χ1n) is 8.59. The molecular weight excluding hydrogens is 346 g/mol. The van der Waals surface area contributed by atoms with Gasteiger partial charge >= 0.3 is 0 Å². The first-order chi connectivity index (χ1) is 11.4. The summed E-state index contributed by atoms with van der Waals surface area (Å²) in [7, 11) is -3.09. The quantitative estimate of drug-likeness (QED) is 0.879. The molecule has 2 aliphatic rings. The lowest BCUT2D eigenvalue weighted by Gasteiger charge is -2.41. The Morgan fingerprint density at radius 3 is 2.83 bits per heavy atom. The molecule has 0 aromatic heterocycles. The average molecular weight is 372 g/mol. The van der Waals surface area contributed by atoms with E-state index >= 15 is 0 Å².